The number of hydrogen-bond acceptors (Lipinski definition) is 7. The maximum absolute atomic E-state index is 12.9. The Kier molecular flexibility index (Phi) is 7.02. The Morgan fingerprint density at radius 3 is 2.56 bits per heavy atom. The van der Waals surface area contributed by atoms with Crippen LogP contribution in [0.2, 0.25) is 0 Å². The van der Waals surface area contributed by atoms with Crippen LogP contribution in [-0.4, -0.2) is 72.9 Å². The predicted molar refractivity (Wildman–Crippen MR) is 123 cm³/mol. The van der Waals surface area contributed by atoms with Crippen LogP contribution in [0.15, 0.2) is 36.4 Å². The normalized spacial score (nSPS) is 19.2. The van der Waals surface area contributed by atoms with Crippen LogP contribution in [0.5, 0.6) is 5.88 Å². The van der Waals surface area contributed by atoms with Crippen molar-refractivity contribution in [2.45, 2.75) is 20.0 Å². The van der Waals surface area contributed by atoms with Gasteiger partial charge in [-0.2, -0.15) is 0 Å². The van der Waals surface area contributed by atoms with Crippen molar-refractivity contribution in [2.24, 2.45) is 5.92 Å². The van der Waals surface area contributed by atoms with Gasteiger partial charge in [-0.25, -0.2) is 4.98 Å². The Bertz CT molecular complexity index is 955. The molecule has 1 aromatic carbocycles. The smallest absolute Gasteiger partial charge is 0.233 e. The first kappa shape index (κ1) is 22.2. The summed E-state index contributed by atoms with van der Waals surface area (Å²) in [5.74, 6) is -0.985. The fourth-order valence-corrected chi connectivity index (χ4v) is 4.02. The van der Waals surface area contributed by atoms with Gasteiger partial charge in [-0.05, 0) is 31.2 Å². The minimum atomic E-state index is -0.802. The fourth-order valence-electron chi connectivity index (χ4n) is 4.02. The van der Waals surface area contributed by atoms with Crippen LogP contribution in [0.1, 0.15) is 28.5 Å². The van der Waals surface area contributed by atoms with Gasteiger partial charge in [-0.15, -0.1) is 0 Å². The molecule has 0 aliphatic carbocycles. The number of pyridine rings is 1. The monoisotopic (exact) mass is 437 g/mol. The number of anilines is 1. The minimum Gasteiger partial charge on any atom is -0.478 e. The molecule has 1 aromatic heterocycles. The molecule has 1 amide bonds. The standard InChI is InChI=1S/C24H31N5O3/c1-3-32-21-9-8-20-22(27-21)23(30)19(15-25-20)24(31)26-14-17-4-6-18(7-5-17)16-29-12-10-28(2)11-13-29/h4-9,19,25H,3,10-16H2,1-2H3,(H,26,31). The summed E-state index contributed by atoms with van der Waals surface area (Å²) in [6, 6.07) is 11.8. The van der Waals surface area contributed by atoms with E-state index in [0.717, 1.165) is 38.3 Å². The highest BCUT2D eigenvalue weighted by Gasteiger charge is 2.34. The number of benzene rings is 1. The lowest BCUT2D eigenvalue weighted by molar-refractivity contribution is -0.123. The Morgan fingerprint density at radius 1 is 1.12 bits per heavy atom. The SMILES string of the molecule is CCOc1ccc2c(n1)C(=O)C(C(=O)NCc1ccc(CN3CCN(C)CC3)cc1)CN2. The van der Waals surface area contributed by atoms with Crippen molar-refractivity contribution in [3.8, 4) is 5.88 Å². The number of Topliss-reactive ketones (excluding diaryl/α,β-unsaturated/α-hetero) is 1. The van der Waals surface area contributed by atoms with Crippen molar-refractivity contribution < 1.29 is 14.3 Å². The molecule has 1 saturated heterocycles. The number of carbonyl (C=O) groups is 2. The molecule has 1 atom stereocenters. The first-order chi connectivity index (χ1) is 15.5. The van der Waals surface area contributed by atoms with Crippen LogP contribution < -0.4 is 15.4 Å². The van der Waals surface area contributed by atoms with Crippen molar-refractivity contribution in [3.05, 3.63) is 53.2 Å². The third kappa shape index (κ3) is 5.26. The Labute approximate surface area is 188 Å². The van der Waals surface area contributed by atoms with Crippen LogP contribution in [0.3, 0.4) is 0 Å². The van der Waals surface area contributed by atoms with E-state index in [4.69, 9.17) is 4.74 Å². The molecule has 8 nitrogen and oxygen atoms in total. The molecule has 3 heterocycles. The number of ketones is 1. The van der Waals surface area contributed by atoms with E-state index in [1.54, 1.807) is 12.1 Å². The summed E-state index contributed by atoms with van der Waals surface area (Å²) < 4.78 is 5.39. The van der Waals surface area contributed by atoms with Gasteiger partial charge in [0.2, 0.25) is 11.8 Å². The molecule has 2 aliphatic rings. The molecule has 8 heteroatoms. The van der Waals surface area contributed by atoms with Crippen molar-refractivity contribution in [1.82, 2.24) is 20.1 Å². The number of nitrogens with zero attached hydrogens (tertiary/aromatic N) is 3. The summed E-state index contributed by atoms with van der Waals surface area (Å²) in [6.45, 7) is 8.29. The van der Waals surface area contributed by atoms with E-state index in [1.807, 2.05) is 19.1 Å². The summed E-state index contributed by atoms with van der Waals surface area (Å²) in [5, 5.41) is 6.03. The minimum absolute atomic E-state index is 0.260. The number of carbonyl (C=O) groups excluding carboxylic acids is 2. The molecule has 0 spiro atoms. The lowest BCUT2D eigenvalue weighted by Crippen LogP contribution is -2.43. The maximum atomic E-state index is 12.9. The average molecular weight is 438 g/mol. The molecule has 1 unspecified atom stereocenters. The highest BCUT2D eigenvalue weighted by atomic mass is 16.5. The lowest BCUT2D eigenvalue weighted by Gasteiger charge is -2.32. The number of fused-ring (bicyclic) bond motifs is 1. The second-order valence-corrected chi connectivity index (χ2v) is 8.39. The molecule has 0 radical (unpaired) electrons. The van der Waals surface area contributed by atoms with E-state index in [1.165, 1.54) is 5.56 Å². The number of rotatable bonds is 7. The van der Waals surface area contributed by atoms with Gasteiger partial charge in [0.15, 0.2) is 5.78 Å². The van der Waals surface area contributed by atoms with E-state index >= 15 is 0 Å². The Morgan fingerprint density at radius 2 is 1.84 bits per heavy atom. The summed E-state index contributed by atoms with van der Waals surface area (Å²) in [4.78, 5) is 34.7. The molecule has 1 fully saturated rings. The quantitative estimate of drug-likeness (QED) is 0.639. The molecule has 32 heavy (non-hydrogen) atoms. The van der Waals surface area contributed by atoms with Crippen molar-refractivity contribution in [3.63, 3.8) is 0 Å². The maximum Gasteiger partial charge on any atom is 0.233 e. The van der Waals surface area contributed by atoms with Crippen LogP contribution in [0, 0.1) is 5.92 Å². The van der Waals surface area contributed by atoms with Crippen LogP contribution in [0.4, 0.5) is 5.69 Å². The topological polar surface area (TPSA) is 86.8 Å². The van der Waals surface area contributed by atoms with Crippen LogP contribution in [-0.2, 0) is 17.9 Å². The second-order valence-electron chi connectivity index (χ2n) is 8.39. The van der Waals surface area contributed by atoms with Gasteiger partial charge < -0.3 is 20.3 Å². The van der Waals surface area contributed by atoms with Crippen LogP contribution >= 0.6 is 0 Å². The number of aromatic nitrogens is 1. The van der Waals surface area contributed by atoms with Gasteiger partial charge in [-0.3, -0.25) is 14.5 Å². The Balaban J connectivity index is 1.31. The summed E-state index contributed by atoms with van der Waals surface area (Å²) in [7, 11) is 2.16. The number of likely N-dealkylation sites (N-methyl/N-ethyl adjacent to an activating group) is 1. The molecular weight excluding hydrogens is 406 g/mol. The molecule has 0 saturated carbocycles. The first-order valence-electron chi connectivity index (χ1n) is 11.2. The number of piperazine rings is 1. The molecule has 2 N–H and O–H groups in total. The van der Waals surface area contributed by atoms with Crippen molar-refractivity contribution in [2.75, 3.05) is 51.7 Å². The van der Waals surface area contributed by atoms with E-state index < -0.39 is 5.92 Å². The lowest BCUT2D eigenvalue weighted by atomic mass is 9.95. The Hall–Kier alpha value is -2.97. The number of hydrogen-bond donors (Lipinski definition) is 2. The number of ether oxygens (including phenoxy) is 1. The highest BCUT2D eigenvalue weighted by molar-refractivity contribution is 6.13. The van der Waals surface area contributed by atoms with Gasteiger partial charge in [0.1, 0.15) is 11.6 Å². The molecule has 0 bridgehead atoms. The summed E-state index contributed by atoms with van der Waals surface area (Å²) >= 11 is 0. The van der Waals surface area contributed by atoms with Crippen molar-refractivity contribution >= 4 is 17.4 Å². The second kappa shape index (κ2) is 10.1. The highest BCUT2D eigenvalue weighted by Crippen LogP contribution is 2.26. The van der Waals surface area contributed by atoms with Gasteiger partial charge in [0, 0.05) is 51.9 Å². The molecule has 170 valence electrons. The van der Waals surface area contributed by atoms with E-state index in [-0.39, 0.29) is 23.9 Å². The molecule has 2 aliphatic heterocycles. The number of nitrogens with one attached hydrogen (secondary N) is 2. The zero-order valence-corrected chi connectivity index (χ0v) is 18.8. The van der Waals surface area contributed by atoms with Gasteiger partial charge in [0.05, 0.1) is 12.3 Å². The van der Waals surface area contributed by atoms with E-state index in [9.17, 15) is 9.59 Å². The van der Waals surface area contributed by atoms with Gasteiger partial charge in [0.25, 0.3) is 0 Å². The van der Waals surface area contributed by atoms with Gasteiger partial charge >= 0.3 is 0 Å². The number of amides is 1. The average Bonchev–Trinajstić information content (AvgIpc) is 2.81. The molecule has 4 rings (SSSR count). The zero-order chi connectivity index (χ0) is 22.5. The first-order valence-corrected chi connectivity index (χ1v) is 11.2. The van der Waals surface area contributed by atoms with Crippen molar-refractivity contribution in [1.29, 1.82) is 0 Å². The third-order valence-corrected chi connectivity index (χ3v) is 6.02. The van der Waals surface area contributed by atoms with Gasteiger partial charge in [-0.1, -0.05) is 24.3 Å². The predicted octanol–water partition coefficient (Wildman–Crippen LogP) is 1.77. The van der Waals surface area contributed by atoms with E-state index in [0.29, 0.717) is 24.7 Å². The summed E-state index contributed by atoms with van der Waals surface area (Å²) in [5.41, 5.74) is 3.17. The largest absolute Gasteiger partial charge is 0.478 e. The fraction of sp³-hybridized carbons (Fsp3) is 0.458. The molecule has 2 aromatic rings. The van der Waals surface area contributed by atoms with Crippen LogP contribution in [0.25, 0.3) is 0 Å². The molecular formula is C24H31N5O3. The summed E-state index contributed by atoms with van der Waals surface area (Å²) in [6.07, 6.45) is 0. The van der Waals surface area contributed by atoms with E-state index in [2.05, 4.69) is 44.6 Å². The third-order valence-electron chi connectivity index (χ3n) is 6.02. The zero-order valence-electron chi connectivity index (χ0n) is 18.8.